The van der Waals surface area contributed by atoms with E-state index in [1.54, 1.807) is 0 Å². The smallest absolute Gasteiger partial charge is 0.318 e. The van der Waals surface area contributed by atoms with Gasteiger partial charge in [0.2, 0.25) is 6.41 Å². The molecule has 1 rings (SSSR count). The minimum Gasteiger partial charge on any atom is -0.378 e. The summed E-state index contributed by atoms with van der Waals surface area (Å²) < 4.78 is 5.08. The Morgan fingerprint density at radius 2 is 2.00 bits per heavy atom. The second kappa shape index (κ2) is 6.97. The first kappa shape index (κ1) is 13.6. The molecule has 0 aromatic rings. The average molecular weight is 243 g/mol. The minimum atomic E-state index is -0.796. The number of carbonyl (C=O) groups is 3. The highest BCUT2D eigenvalue weighted by molar-refractivity contribution is 6.36. The molecule has 96 valence electrons. The maximum atomic E-state index is 11.8. The number of nitrogens with zero attached hydrogens (tertiary/aromatic N) is 2. The summed E-state index contributed by atoms with van der Waals surface area (Å²) in [6.45, 7) is 2.15. The fourth-order valence-corrected chi connectivity index (χ4v) is 1.49. The van der Waals surface area contributed by atoms with E-state index in [4.69, 9.17) is 10.5 Å². The highest BCUT2D eigenvalue weighted by Crippen LogP contribution is 2.00. The van der Waals surface area contributed by atoms with Crippen LogP contribution in [0.3, 0.4) is 0 Å². The van der Waals surface area contributed by atoms with Crippen LogP contribution in [0.15, 0.2) is 0 Å². The van der Waals surface area contributed by atoms with E-state index in [0.717, 1.165) is 4.90 Å². The second-order valence-electron chi connectivity index (χ2n) is 3.65. The summed E-state index contributed by atoms with van der Waals surface area (Å²) in [6.07, 6.45) is 0.858. The Bertz CT molecular complexity index is 289. The van der Waals surface area contributed by atoms with E-state index < -0.39 is 11.8 Å². The van der Waals surface area contributed by atoms with Gasteiger partial charge in [0.25, 0.3) is 0 Å². The lowest BCUT2D eigenvalue weighted by Crippen LogP contribution is -2.49. The standard InChI is InChI=1S/C10H17N3O4/c11-2-1-3-13(8-14)10(16)9(15)12-4-6-17-7-5-12/h8H,1-7,11H2. The fraction of sp³-hybridized carbons (Fsp3) is 0.700. The molecule has 0 radical (unpaired) electrons. The van der Waals surface area contributed by atoms with Gasteiger partial charge in [0, 0.05) is 19.6 Å². The normalized spacial score (nSPS) is 15.5. The number of carbonyl (C=O) groups excluding carboxylic acids is 3. The molecule has 0 unspecified atom stereocenters. The van der Waals surface area contributed by atoms with E-state index in [1.807, 2.05) is 0 Å². The van der Waals surface area contributed by atoms with Gasteiger partial charge in [-0.15, -0.1) is 0 Å². The molecule has 0 atom stereocenters. The van der Waals surface area contributed by atoms with Crippen molar-refractivity contribution < 1.29 is 19.1 Å². The van der Waals surface area contributed by atoms with Crippen LogP contribution < -0.4 is 5.73 Å². The maximum Gasteiger partial charge on any atom is 0.318 e. The number of nitrogens with two attached hydrogens (primary N) is 1. The predicted octanol–water partition coefficient (Wildman–Crippen LogP) is -1.82. The van der Waals surface area contributed by atoms with Crippen LogP contribution >= 0.6 is 0 Å². The Labute approximate surface area is 99.5 Å². The number of imide groups is 1. The minimum absolute atomic E-state index is 0.176. The Morgan fingerprint density at radius 3 is 2.53 bits per heavy atom. The average Bonchev–Trinajstić information content (AvgIpc) is 2.39. The van der Waals surface area contributed by atoms with Crippen molar-refractivity contribution in [2.75, 3.05) is 39.4 Å². The van der Waals surface area contributed by atoms with Crippen LogP contribution in [0.4, 0.5) is 0 Å². The first-order valence-electron chi connectivity index (χ1n) is 5.53. The molecule has 7 nitrogen and oxygen atoms in total. The lowest BCUT2D eigenvalue weighted by atomic mass is 10.3. The largest absolute Gasteiger partial charge is 0.378 e. The van der Waals surface area contributed by atoms with Gasteiger partial charge in [-0.05, 0) is 13.0 Å². The fourth-order valence-electron chi connectivity index (χ4n) is 1.49. The number of rotatable bonds is 4. The van der Waals surface area contributed by atoms with E-state index in [-0.39, 0.29) is 6.54 Å². The topological polar surface area (TPSA) is 92.9 Å². The number of hydrogen-bond donors (Lipinski definition) is 1. The highest BCUT2D eigenvalue weighted by atomic mass is 16.5. The third kappa shape index (κ3) is 3.79. The molecule has 0 saturated carbocycles. The lowest BCUT2D eigenvalue weighted by Gasteiger charge is -2.27. The Kier molecular flexibility index (Phi) is 5.58. The van der Waals surface area contributed by atoms with Crippen LogP contribution in [-0.4, -0.2) is 67.4 Å². The highest BCUT2D eigenvalue weighted by Gasteiger charge is 2.27. The van der Waals surface area contributed by atoms with Crippen molar-refractivity contribution in [3.05, 3.63) is 0 Å². The first-order chi connectivity index (χ1) is 8.20. The van der Waals surface area contributed by atoms with Gasteiger partial charge in [0.15, 0.2) is 0 Å². The van der Waals surface area contributed by atoms with Gasteiger partial charge in [0.1, 0.15) is 0 Å². The molecule has 1 aliphatic heterocycles. The van der Waals surface area contributed by atoms with Crippen LogP contribution in [-0.2, 0) is 19.1 Å². The molecule has 1 saturated heterocycles. The summed E-state index contributed by atoms with van der Waals surface area (Å²) in [7, 11) is 0. The molecule has 1 aliphatic rings. The third-order valence-electron chi connectivity index (χ3n) is 2.47. The summed E-state index contributed by atoms with van der Waals surface area (Å²) >= 11 is 0. The molecule has 0 aromatic heterocycles. The molecule has 1 fully saturated rings. The molecule has 0 aromatic carbocycles. The molecular weight excluding hydrogens is 226 g/mol. The van der Waals surface area contributed by atoms with Crippen molar-refractivity contribution in [2.45, 2.75) is 6.42 Å². The molecular formula is C10H17N3O4. The molecule has 0 spiro atoms. The van der Waals surface area contributed by atoms with Gasteiger partial charge < -0.3 is 15.4 Å². The molecule has 2 N–H and O–H groups in total. The van der Waals surface area contributed by atoms with E-state index >= 15 is 0 Å². The van der Waals surface area contributed by atoms with Gasteiger partial charge in [-0.1, -0.05) is 0 Å². The van der Waals surface area contributed by atoms with E-state index in [9.17, 15) is 14.4 Å². The molecule has 7 heteroatoms. The van der Waals surface area contributed by atoms with Crippen molar-refractivity contribution in [1.82, 2.24) is 9.80 Å². The molecule has 3 amide bonds. The molecule has 0 bridgehead atoms. The Morgan fingerprint density at radius 1 is 1.35 bits per heavy atom. The van der Waals surface area contributed by atoms with Gasteiger partial charge in [-0.3, -0.25) is 19.3 Å². The van der Waals surface area contributed by atoms with Gasteiger partial charge >= 0.3 is 11.8 Å². The van der Waals surface area contributed by atoms with Crippen LogP contribution in [0, 0.1) is 0 Å². The molecule has 17 heavy (non-hydrogen) atoms. The quantitative estimate of drug-likeness (QED) is 0.463. The van der Waals surface area contributed by atoms with E-state index in [0.29, 0.717) is 45.7 Å². The summed E-state index contributed by atoms with van der Waals surface area (Å²) in [4.78, 5) is 36.4. The molecule has 1 heterocycles. The van der Waals surface area contributed by atoms with Crippen molar-refractivity contribution in [3.8, 4) is 0 Å². The summed E-state index contributed by atoms with van der Waals surface area (Å²) in [5, 5.41) is 0. The SMILES string of the molecule is NCCCN(C=O)C(=O)C(=O)N1CCOCC1. The predicted molar refractivity (Wildman–Crippen MR) is 58.8 cm³/mol. The van der Waals surface area contributed by atoms with Gasteiger partial charge in [0.05, 0.1) is 13.2 Å². The lowest BCUT2D eigenvalue weighted by molar-refractivity contribution is -0.155. The maximum absolute atomic E-state index is 11.8. The van der Waals surface area contributed by atoms with Crippen LogP contribution in [0.5, 0.6) is 0 Å². The number of amides is 3. The third-order valence-corrected chi connectivity index (χ3v) is 2.47. The van der Waals surface area contributed by atoms with E-state index in [1.165, 1.54) is 4.90 Å². The van der Waals surface area contributed by atoms with Crippen LogP contribution in [0.25, 0.3) is 0 Å². The zero-order chi connectivity index (χ0) is 12.7. The zero-order valence-electron chi connectivity index (χ0n) is 9.63. The monoisotopic (exact) mass is 243 g/mol. The van der Waals surface area contributed by atoms with Crippen molar-refractivity contribution in [2.24, 2.45) is 5.73 Å². The number of hydrogen-bond acceptors (Lipinski definition) is 5. The summed E-state index contributed by atoms with van der Waals surface area (Å²) in [5.41, 5.74) is 5.28. The van der Waals surface area contributed by atoms with Crippen LogP contribution in [0.2, 0.25) is 0 Å². The Balaban J connectivity index is 2.53. The second-order valence-corrected chi connectivity index (χ2v) is 3.65. The van der Waals surface area contributed by atoms with Crippen molar-refractivity contribution in [3.63, 3.8) is 0 Å². The summed E-state index contributed by atoms with van der Waals surface area (Å²) in [5.74, 6) is -1.45. The summed E-state index contributed by atoms with van der Waals surface area (Å²) in [6, 6.07) is 0. The number of ether oxygens (including phenoxy) is 1. The van der Waals surface area contributed by atoms with Crippen molar-refractivity contribution in [1.29, 1.82) is 0 Å². The van der Waals surface area contributed by atoms with Gasteiger partial charge in [-0.2, -0.15) is 0 Å². The van der Waals surface area contributed by atoms with Crippen molar-refractivity contribution >= 4 is 18.2 Å². The zero-order valence-corrected chi connectivity index (χ0v) is 9.63. The van der Waals surface area contributed by atoms with Gasteiger partial charge in [-0.25, -0.2) is 0 Å². The van der Waals surface area contributed by atoms with Crippen LogP contribution in [0.1, 0.15) is 6.42 Å². The first-order valence-corrected chi connectivity index (χ1v) is 5.53. The molecule has 0 aliphatic carbocycles. The van der Waals surface area contributed by atoms with E-state index in [2.05, 4.69) is 0 Å². The number of morpholine rings is 1. The Hall–Kier alpha value is -1.47.